The van der Waals surface area contributed by atoms with Crippen molar-refractivity contribution in [2.24, 2.45) is 7.05 Å². The molecule has 0 aliphatic heterocycles. The third-order valence-electron chi connectivity index (χ3n) is 4.20. The van der Waals surface area contributed by atoms with Crippen LogP contribution in [-0.4, -0.2) is 0 Å². The first-order valence-electron chi connectivity index (χ1n) is 7.04. The summed E-state index contributed by atoms with van der Waals surface area (Å²) in [5, 5.41) is 1.28. The van der Waals surface area contributed by atoms with Crippen molar-refractivity contribution in [3.63, 3.8) is 0 Å². The van der Waals surface area contributed by atoms with E-state index in [9.17, 15) is 0 Å². The van der Waals surface area contributed by atoms with Crippen molar-refractivity contribution in [3.05, 3.63) is 65.2 Å². The van der Waals surface area contributed by atoms with Crippen molar-refractivity contribution in [1.82, 2.24) is 0 Å². The maximum atomic E-state index is 2.30. The van der Waals surface area contributed by atoms with Crippen LogP contribution in [0.25, 0.3) is 22.2 Å². The van der Waals surface area contributed by atoms with Crippen molar-refractivity contribution in [2.75, 3.05) is 0 Å². The SMILES string of the molecule is Cc1cc(C)c(-c2ccc3ccccc3[n+]2C)cc1C. The Labute approximate surface area is 120 Å². The van der Waals surface area contributed by atoms with Gasteiger partial charge in [0.2, 0.25) is 11.2 Å². The van der Waals surface area contributed by atoms with E-state index in [0.29, 0.717) is 0 Å². The fourth-order valence-electron chi connectivity index (χ4n) is 2.85. The number of rotatable bonds is 1. The molecule has 1 heterocycles. The summed E-state index contributed by atoms with van der Waals surface area (Å²) in [5.74, 6) is 0. The van der Waals surface area contributed by atoms with E-state index in [1.54, 1.807) is 0 Å². The molecule has 0 saturated carbocycles. The minimum atomic E-state index is 1.27. The molecular weight excluding hydrogens is 242 g/mol. The van der Waals surface area contributed by atoms with Crippen LogP contribution in [0.3, 0.4) is 0 Å². The molecule has 0 N–H and O–H groups in total. The highest BCUT2D eigenvalue weighted by Gasteiger charge is 2.16. The number of hydrogen-bond donors (Lipinski definition) is 0. The Morgan fingerprint density at radius 1 is 0.750 bits per heavy atom. The molecule has 0 saturated heterocycles. The molecule has 1 aromatic heterocycles. The Morgan fingerprint density at radius 2 is 1.45 bits per heavy atom. The van der Waals surface area contributed by atoms with Gasteiger partial charge in [0.1, 0.15) is 7.05 Å². The van der Waals surface area contributed by atoms with Gasteiger partial charge in [0.05, 0.1) is 0 Å². The quantitative estimate of drug-likeness (QED) is 0.577. The zero-order chi connectivity index (χ0) is 14.3. The molecule has 2 aromatic carbocycles. The number of aryl methyl sites for hydroxylation is 4. The van der Waals surface area contributed by atoms with E-state index in [1.165, 1.54) is 38.9 Å². The highest BCUT2D eigenvalue weighted by Crippen LogP contribution is 2.25. The van der Waals surface area contributed by atoms with Crippen LogP contribution in [0.1, 0.15) is 16.7 Å². The second-order valence-electron chi connectivity index (χ2n) is 5.59. The summed E-state index contributed by atoms with van der Waals surface area (Å²) in [6.45, 7) is 6.54. The maximum absolute atomic E-state index is 2.30. The van der Waals surface area contributed by atoms with Crippen molar-refractivity contribution in [3.8, 4) is 11.3 Å². The first-order chi connectivity index (χ1) is 9.58. The van der Waals surface area contributed by atoms with E-state index < -0.39 is 0 Å². The molecule has 20 heavy (non-hydrogen) atoms. The fraction of sp³-hybridized carbons (Fsp3) is 0.211. The Hall–Kier alpha value is -2.15. The van der Waals surface area contributed by atoms with Gasteiger partial charge in [0.25, 0.3) is 0 Å². The minimum Gasteiger partial charge on any atom is -0.194 e. The number of para-hydroxylation sites is 1. The fourth-order valence-corrected chi connectivity index (χ4v) is 2.85. The molecule has 3 rings (SSSR count). The minimum absolute atomic E-state index is 1.27. The average Bonchev–Trinajstić information content (AvgIpc) is 2.44. The number of benzene rings is 2. The van der Waals surface area contributed by atoms with Crippen LogP contribution in [0, 0.1) is 20.8 Å². The summed E-state index contributed by atoms with van der Waals surface area (Å²) in [6, 6.07) is 17.5. The van der Waals surface area contributed by atoms with E-state index in [-0.39, 0.29) is 0 Å². The summed E-state index contributed by atoms with van der Waals surface area (Å²) in [4.78, 5) is 0. The molecule has 0 aliphatic carbocycles. The first-order valence-corrected chi connectivity index (χ1v) is 7.04. The van der Waals surface area contributed by atoms with Crippen LogP contribution >= 0.6 is 0 Å². The van der Waals surface area contributed by atoms with Crippen LogP contribution in [0.15, 0.2) is 48.5 Å². The highest BCUT2D eigenvalue weighted by atomic mass is 14.9. The van der Waals surface area contributed by atoms with Crippen molar-refractivity contribution in [1.29, 1.82) is 0 Å². The van der Waals surface area contributed by atoms with E-state index in [1.807, 2.05) is 0 Å². The number of pyridine rings is 1. The lowest BCUT2D eigenvalue weighted by Gasteiger charge is -2.09. The molecule has 0 unspecified atom stereocenters. The molecule has 0 radical (unpaired) electrons. The summed E-state index contributed by atoms with van der Waals surface area (Å²) < 4.78 is 2.28. The van der Waals surface area contributed by atoms with E-state index in [4.69, 9.17) is 0 Å². The molecule has 0 atom stereocenters. The van der Waals surface area contributed by atoms with Gasteiger partial charge in [-0.25, -0.2) is 0 Å². The van der Waals surface area contributed by atoms with Crippen molar-refractivity contribution >= 4 is 10.9 Å². The maximum Gasteiger partial charge on any atom is 0.213 e. The molecule has 1 heteroatoms. The molecule has 1 nitrogen and oxygen atoms in total. The summed E-state index contributed by atoms with van der Waals surface area (Å²) in [6.07, 6.45) is 0. The van der Waals surface area contributed by atoms with Gasteiger partial charge >= 0.3 is 0 Å². The second kappa shape index (κ2) is 4.75. The van der Waals surface area contributed by atoms with Crippen molar-refractivity contribution in [2.45, 2.75) is 20.8 Å². The molecule has 0 bridgehead atoms. The molecule has 3 aromatic rings. The number of nitrogens with zero attached hydrogens (tertiary/aromatic N) is 1. The Morgan fingerprint density at radius 3 is 2.25 bits per heavy atom. The predicted octanol–water partition coefficient (Wildman–Crippen LogP) is 4.26. The van der Waals surface area contributed by atoms with E-state index in [0.717, 1.165) is 0 Å². The third kappa shape index (κ3) is 2.00. The normalized spacial score (nSPS) is 11.0. The molecule has 100 valence electrons. The van der Waals surface area contributed by atoms with Gasteiger partial charge < -0.3 is 0 Å². The third-order valence-corrected chi connectivity index (χ3v) is 4.20. The van der Waals surface area contributed by atoms with E-state index in [2.05, 4.69) is 80.9 Å². The summed E-state index contributed by atoms with van der Waals surface area (Å²) in [5.41, 5.74) is 7.89. The Bertz CT molecular complexity index is 800. The first kappa shape index (κ1) is 12.9. The van der Waals surface area contributed by atoms with Gasteiger partial charge in [-0.15, -0.1) is 0 Å². The van der Waals surface area contributed by atoms with Crippen LogP contribution < -0.4 is 4.57 Å². The smallest absolute Gasteiger partial charge is 0.194 e. The van der Waals surface area contributed by atoms with Crippen LogP contribution in [-0.2, 0) is 7.05 Å². The second-order valence-corrected chi connectivity index (χ2v) is 5.59. The van der Waals surface area contributed by atoms with Gasteiger partial charge in [-0.3, -0.25) is 0 Å². The summed E-state index contributed by atoms with van der Waals surface area (Å²) >= 11 is 0. The molecule has 0 spiro atoms. The van der Waals surface area contributed by atoms with Gasteiger partial charge in [-0.2, -0.15) is 4.57 Å². The predicted molar refractivity (Wildman–Crippen MR) is 84.8 cm³/mol. The molecular formula is C19H20N+. The van der Waals surface area contributed by atoms with Crippen LogP contribution in [0.5, 0.6) is 0 Å². The Kier molecular flexibility index (Phi) is 3.06. The summed E-state index contributed by atoms with van der Waals surface area (Å²) in [7, 11) is 2.15. The van der Waals surface area contributed by atoms with Gasteiger partial charge in [-0.05, 0) is 55.7 Å². The van der Waals surface area contributed by atoms with Crippen molar-refractivity contribution < 1.29 is 4.57 Å². The standard InChI is InChI=1S/C19H20N/c1-13-11-15(3)17(12-14(13)2)19-10-9-16-7-5-6-8-18(16)20(19)4/h5-12H,1-4H3/q+1. The lowest BCUT2D eigenvalue weighted by atomic mass is 9.97. The zero-order valence-electron chi connectivity index (χ0n) is 12.6. The average molecular weight is 262 g/mol. The molecule has 0 amide bonds. The Balaban J connectivity index is 2.30. The largest absolute Gasteiger partial charge is 0.213 e. The molecule has 0 fully saturated rings. The highest BCUT2D eigenvalue weighted by molar-refractivity contribution is 5.78. The number of fused-ring (bicyclic) bond motifs is 1. The monoisotopic (exact) mass is 262 g/mol. The number of aromatic nitrogens is 1. The van der Waals surface area contributed by atoms with Crippen LogP contribution in [0.2, 0.25) is 0 Å². The lowest BCUT2D eigenvalue weighted by Crippen LogP contribution is -2.32. The van der Waals surface area contributed by atoms with Gasteiger partial charge in [-0.1, -0.05) is 18.2 Å². The topological polar surface area (TPSA) is 3.88 Å². The van der Waals surface area contributed by atoms with E-state index >= 15 is 0 Å². The number of hydrogen-bond acceptors (Lipinski definition) is 0. The molecule has 0 aliphatic rings. The lowest BCUT2D eigenvalue weighted by molar-refractivity contribution is -0.633. The van der Waals surface area contributed by atoms with Gasteiger partial charge in [0, 0.05) is 23.1 Å². The van der Waals surface area contributed by atoms with Crippen LogP contribution in [0.4, 0.5) is 0 Å². The zero-order valence-corrected chi connectivity index (χ0v) is 12.6. The van der Waals surface area contributed by atoms with Gasteiger partial charge in [0.15, 0.2) is 0 Å².